The van der Waals surface area contributed by atoms with Gasteiger partial charge in [0.1, 0.15) is 5.35 Å². The highest BCUT2D eigenvalue weighted by Crippen LogP contribution is 2.19. The fourth-order valence-electron chi connectivity index (χ4n) is 2.30. The Balaban J connectivity index is 2.83. The van der Waals surface area contributed by atoms with E-state index < -0.39 is 5.38 Å². The van der Waals surface area contributed by atoms with Gasteiger partial charge in [0, 0.05) is 6.04 Å². The summed E-state index contributed by atoms with van der Waals surface area (Å²) in [7, 11) is 0. The molecule has 18 heavy (non-hydrogen) atoms. The number of aromatic nitrogens is 2. The third-order valence-electron chi connectivity index (χ3n) is 3.27. The smallest absolute Gasteiger partial charge is 0.296 e. The molecule has 2 heterocycles. The minimum Gasteiger partial charge on any atom is -0.480 e. The quantitative estimate of drug-likeness (QED) is 0.825. The summed E-state index contributed by atoms with van der Waals surface area (Å²) in [6, 6.07) is 2.13. The van der Waals surface area contributed by atoms with Gasteiger partial charge in [0.15, 0.2) is 5.49 Å². The molecule has 0 amide bonds. The lowest BCUT2D eigenvalue weighted by Gasteiger charge is -2.17. The molecule has 1 atom stereocenters. The number of alkyl halides is 1. The first kappa shape index (κ1) is 12.9. The number of nitrogens with zero attached hydrogens (tertiary/aromatic N) is 4. The standard InChI is InChI=1S/C12H15ClN4O/c1-3-7(4-2)17-10-8(5-14)9(13)6-15-11(10)16-12(17)18/h7,9H,3-4,6H2,1-2H3,(H,15,16,18). The number of nitriles is 1. The zero-order chi connectivity index (χ0) is 13.3. The van der Waals surface area contributed by atoms with E-state index >= 15 is 0 Å². The summed E-state index contributed by atoms with van der Waals surface area (Å²) in [5, 5.41) is 19.3. The molecule has 0 fully saturated rings. The average Bonchev–Trinajstić information content (AvgIpc) is 2.69. The van der Waals surface area contributed by atoms with Crippen LogP contribution < -0.4 is 10.8 Å². The molecule has 0 spiro atoms. The highest BCUT2D eigenvalue weighted by Gasteiger charge is 2.24. The van der Waals surface area contributed by atoms with Gasteiger partial charge < -0.3 is 5.11 Å². The van der Waals surface area contributed by atoms with Crippen LogP contribution in [0.25, 0.3) is 5.57 Å². The molecule has 1 aromatic heterocycles. The second-order valence-corrected chi connectivity index (χ2v) is 4.78. The zero-order valence-corrected chi connectivity index (χ0v) is 11.1. The van der Waals surface area contributed by atoms with Crippen LogP contribution in [-0.4, -0.2) is 26.6 Å². The first-order valence-electron chi connectivity index (χ1n) is 6.04. The number of hydrogen-bond donors (Lipinski definition) is 1. The Labute approximate surface area is 110 Å². The van der Waals surface area contributed by atoms with Crippen molar-refractivity contribution in [2.45, 2.75) is 38.1 Å². The zero-order valence-electron chi connectivity index (χ0n) is 10.4. The Morgan fingerprint density at radius 1 is 1.56 bits per heavy atom. The highest BCUT2D eigenvalue weighted by atomic mass is 35.5. The Morgan fingerprint density at radius 3 is 2.78 bits per heavy atom. The molecule has 1 aromatic rings. The molecule has 0 saturated heterocycles. The van der Waals surface area contributed by atoms with E-state index in [9.17, 15) is 10.4 Å². The van der Waals surface area contributed by atoms with Gasteiger partial charge in [-0.2, -0.15) is 10.2 Å². The van der Waals surface area contributed by atoms with Crippen molar-refractivity contribution in [2.24, 2.45) is 4.99 Å². The average molecular weight is 267 g/mol. The Hall–Kier alpha value is -1.54. The molecule has 1 unspecified atom stereocenters. The van der Waals surface area contributed by atoms with Crippen molar-refractivity contribution in [3.05, 3.63) is 10.8 Å². The van der Waals surface area contributed by atoms with Crippen LogP contribution in [0.4, 0.5) is 0 Å². The lowest BCUT2D eigenvalue weighted by molar-refractivity contribution is 0.351. The number of halogens is 1. The molecule has 0 saturated carbocycles. The van der Waals surface area contributed by atoms with Crippen molar-refractivity contribution in [1.29, 1.82) is 5.26 Å². The molecule has 1 N–H and O–H groups in total. The molecule has 0 aliphatic carbocycles. The van der Waals surface area contributed by atoms with Gasteiger partial charge in [0.2, 0.25) is 0 Å². The van der Waals surface area contributed by atoms with Crippen LogP contribution in [0.15, 0.2) is 4.99 Å². The van der Waals surface area contributed by atoms with Gasteiger partial charge in [0.25, 0.3) is 6.01 Å². The molecule has 0 radical (unpaired) electrons. The lowest BCUT2D eigenvalue weighted by Crippen LogP contribution is -2.40. The first-order valence-corrected chi connectivity index (χ1v) is 6.47. The maximum atomic E-state index is 9.96. The van der Waals surface area contributed by atoms with E-state index in [4.69, 9.17) is 11.6 Å². The molecule has 1 aliphatic rings. The van der Waals surface area contributed by atoms with Crippen LogP contribution in [0.1, 0.15) is 32.7 Å². The van der Waals surface area contributed by atoms with E-state index in [0.29, 0.717) is 23.0 Å². The van der Waals surface area contributed by atoms with Crippen molar-refractivity contribution in [3.63, 3.8) is 0 Å². The summed E-state index contributed by atoms with van der Waals surface area (Å²) in [4.78, 5) is 8.23. The minimum atomic E-state index is -0.438. The molecule has 1 aliphatic heterocycles. The topological polar surface area (TPSA) is 74.2 Å². The van der Waals surface area contributed by atoms with Crippen LogP contribution in [-0.2, 0) is 0 Å². The maximum Gasteiger partial charge on any atom is 0.296 e. The Kier molecular flexibility index (Phi) is 3.58. The van der Waals surface area contributed by atoms with E-state index in [-0.39, 0.29) is 12.1 Å². The van der Waals surface area contributed by atoms with E-state index in [1.165, 1.54) is 0 Å². The van der Waals surface area contributed by atoms with Crippen LogP contribution in [0.5, 0.6) is 6.01 Å². The van der Waals surface area contributed by atoms with Crippen LogP contribution in [0.3, 0.4) is 0 Å². The third-order valence-corrected chi connectivity index (χ3v) is 3.63. The fourth-order valence-corrected chi connectivity index (χ4v) is 2.52. The molecule has 2 rings (SSSR count). The minimum absolute atomic E-state index is 0.0871. The number of hydrogen-bond acceptors (Lipinski definition) is 4. The highest BCUT2D eigenvalue weighted by molar-refractivity contribution is 6.26. The predicted octanol–water partition coefficient (Wildman–Crippen LogP) is 0.865. The summed E-state index contributed by atoms with van der Waals surface area (Å²) in [5.74, 6) is 0. The second kappa shape index (κ2) is 4.99. The number of rotatable bonds is 3. The van der Waals surface area contributed by atoms with Crippen molar-refractivity contribution in [1.82, 2.24) is 9.55 Å². The Morgan fingerprint density at radius 2 is 2.22 bits per heavy atom. The SMILES string of the molecule is CCC(CC)n1c(O)nc2c1=C(C#N)C(Cl)CN=2. The maximum absolute atomic E-state index is 9.96. The molecule has 0 aromatic carbocycles. The molecule has 5 nitrogen and oxygen atoms in total. The van der Waals surface area contributed by atoms with Crippen molar-refractivity contribution < 1.29 is 5.11 Å². The van der Waals surface area contributed by atoms with E-state index in [1.54, 1.807) is 4.57 Å². The molecule has 0 bridgehead atoms. The van der Waals surface area contributed by atoms with Crippen molar-refractivity contribution in [2.75, 3.05) is 6.54 Å². The van der Waals surface area contributed by atoms with E-state index in [0.717, 1.165) is 12.8 Å². The summed E-state index contributed by atoms with van der Waals surface area (Å²) in [5.41, 5.74) is 0.870. The van der Waals surface area contributed by atoms with E-state index in [2.05, 4.69) is 16.0 Å². The Bertz CT molecular complexity index is 609. The summed E-state index contributed by atoms with van der Waals surface area (Å²) < 4.78 is 1.69. The van der Waals surface area contributed by atoms with Gasteiger partial charge in [0.05, 0.1) is 23.6 Å². The number of fused-ring (bicyclic) bond motifs is 1. The van der Waals surface area contributed by atoms with Crippen LogP contribution in [0.2, 0.25) is 0 Å². The van der Waals surface area contributed by atoms with Crippen molar-refractivity contribution >= 4 is 17.2 Å². The number of imidazole rings is 1. The number of aromatic hydroxyl groups is 1. The summed E-state index contributed by atoms with van der Waals surface area (Å²) in [6.07, 6.45) is 1.69. The van der Waals surface area contributed by atoms with Gasteiger partial charge in [-0.25, -0.2) is 0 Å². The normalized spacial score (nSPS) is 18.4. The lowest BCUT2D eigenvalue weighted by atomic mass is 10.1. The van der Waals surface area contributed by atoms with Gasteiger partial charge in [-0.15, -0.1) is 11.6 Å². The van der Waals surface area contributed by atoms with Gasteiger partial charge >= 0.3 is 0 Å². The molecule has 96 valence electrons. The van der Waals surface area contributed by atoms with Gasteiger partial charge in [-0.3, -0.25) is 9.56 Å². The fraction of sp³-hybridized carbons (Fsp3) is 0.583. The third kappa shape index (κ3) is 1.87. The van der Waals surface area contributed by atoms with Crippen molar-refractivity contribution in [3.8, 4) is 12.1 Å². The molecular formula is C12H15ClN4O. The summed E-state index contributed by atoms with van der Waals surface area (Å²) >= 11 is 6.11. The largest absolute Gasteiger partial charge is 0.480 e. The molecule has 6 heteroatoms. The van der Waals surface area contributed by atoms with Gasteiger partial charge in [-0.1, -0.05) is 13.8 Å². The second-order valence-electron chi connectivity index (χ2n) is 4.26. The van der Waals surface area contributed by atoms with Crippen LogP contribution in [0, 0.1) is 11.3 Å². The van der Waals surface area contributed by atoms with Gasteiger partial charge in [-0.05, 0) is 12.8 Å². The first-order chi connectivity index (χ1) is 8.63. The predicted molar refractivity (Wildman–Crippen MR) is 67.8 cm³/mol. The monoisotopic (exact) mass is 266 g/mol. The van der Waals surface area contributed by atoms with Crippen LogP contribution >= 0.6 is 11.6 Å². The summed E-state index contributed by atoms with van der Waals surface area (Å²) in [6.45, 7) is 4.39. The molecular weight excluding hydrogens is 252 g/mol. The van der Waals surface area contributed by atoms with E-state index in [1.807, 2.05) is 13.8 Å².